The Morgan fingerprint density at radius 2 is 2.05 bits per heavy atom. The van der Waals surface area contributed by atoms with Crippen LogP contribution in [0.5, 0.6) is 0 Å². The molecule has 0 radical (unpaired) electrons. The maximum Gasteiger partial charge on any atom is 0.416 e. The van der Waals surface area contributed by atoms with E-state index in [0.29, 0.717) is 17.7 Å². The molecule has 7 heteroatoms. The van der Waals surface area contributed by atoms with E-state index in [9.17, 15) is 18.0 Å². The Morgan fingerprint density at radius 3 is 2.67 bits per heavy atom. The largest absolute Gasteiger partial charge is 0.416 e. The first-order chi connectivity index (χ1) is 9.86. The van der Waals surface area contributed by atoms with Crippen molar-refractivity contribution in [3.05, 3.63) is 33.8 Å². The van der Waals surface area contributed by atoms with E-state index in [-0.39, 0.29) is 12.1 Å². The maximum absolute atomic E-state index is 12.6. The normalized spacial score (nSPS) is 11.5. The second-order valence-electron chi connectivity index (χ2n) is 4.41. The van der Waals surface area contributed by atoms with Gasteiger partial charge in [-0.25, -0.2) is 0 Å². The summed E-state index contributed by atoms with van der Waals surface area (Å²) in [5.41, 5.74) is -0.895. The van der Waals surface area contributed by atoms with Crippen LogP contribution in [0.2, 0.25) is 0 Å². The molecule has 0 saturated heterocycles. The molecule has 0 spiro atoms. The number of unbranched alkanes of at least 4 members (excludes halogenated alkanes) is 1. The van der Waals surface area contributed by atoms with Crippen molar-refractivity contribution in [3.63, 3.8) is 0 Å². The second kappa shape index (κ2) is 8.38. The Hall–Kier alpha value is -1.08. The average molecular weight is 368 g/mol. The summed E-state index contributed by atoms with van der Waals surface area (Å²) in [6.45, 7) is 3.24. The minimum atomic E-state index is -4.47. The highest BCUT2D eigenvalue weighted by Crippen LogP contribution is 2.31. The first-order valence-corrected chi connectivity index (χ1v) is 7.38. The first-order valence-electron chi connectivity index (χ1n) is 6.59. The van der Waals surface area contributed by atoms with Gasteiger partial charge in [0, 0.05) is 17.6 Å². The zero-order valence-electron chi connectivity index (χ0n) is 11.6. The highest BCUT2D eigenvalue weighted by molar-refractivity contribution is 9.10. The van der Waals surface area contributed by atoms with Crippen LogP contribution in [-0.2, 0) is 10.9 Å². The molecule has 1 N–H and O–H groups in total. The second-order valence-corrected chi connectivity index (χ2v) is 5.27. The zero-order chi connectivity index (χ0) is 15.9. The summed E-state index contributed by atoms with van der Waals surface area (Å²) in [5.74, 6) is -0.563. The Bertz CT molecular complexity index is 478. The molecule has 0 fully saturated rings. The SMILES string of the molecule is CCCCOCCNC(=O)c1cc(C(F)(F)F)ccc1Br. The number of rotatable bonds is 7. The topological polar surface area (TPSA) is 38.3 Å². The Morgan fingerprint density at radius 1 is 1.33 bits per heavy atom. The zero-order valence-corrected chi connectivity index (χ0v) is 13.2. The van der Waals surface area contributed by atoms with Gasteiger partial charge in [-0.1, -0.05) is 13.3 Å². The van der Waals surface area contributed by atoms with E-state index >= 15 is 0 Å². The monoisotopic (exact) mass is 367 g/mol. The van der Waals surface area contributed by atoms with Gasteiger partial charge in [-0.15, -0.1) is 0 Å². The van der Waals surface area contributed by atoms with Crippen molar-refractivity contribution in [1.82, 2.24) is 5.32 Å². The van der Waals surface area contributed by atoms with Crippen LogP contribution < -0.4 is 5.32 Å². The number of nitrogens with one attached hydrogen (secondary N) is 1. The van der Waals surface area contributed by atoms with E-state index < -0.39 is 17.6 Å². The number of alkyl halides is 3. The molecule has 0 aliphatic carbocycles. The molecular weight excluding hydrogens is 351 g/mol. The molecule has 0 aromatic heterocycles. The van der Waals surface area contributed by atoms with Crippen LogP contribution in [0.1, 0.15) is 35.7 Å². The third-order valence-corrected chi connectivity index (χ3v) is 3.40. The predicted octanol–water partition coefficient (Wildman–Crippen LogP) is 4.01. The molecule has 3 nitrogen and oxygen atoms in total. The van der Waals surface area contributed by atoms with Crippen LogP contribution in [0.25, 0.3) is 0 Å². The molecule has 1 rings (SSSR count). The Kier molecular flexibility index (Phi) is 7.17. The van der Waals surface area contributed by atoms with Crippen molar-refractivity contribution in [2.45, 2.75) is 25.9 Å². The summed E-state index contributed by atoms with van der Waals surface area (Å²) in [4.78, 5) is 11.9. The van der Waals surface area contributed by atoms with Gasteiger partial charge in [0.1, 0.15) is 0 Å². The lowest BCUT2D eigenvalue weighted by atomic mass is 10.1. The van der Waals surface area contributed by atoms with Crippen molar-refractivity contribution in [2.75, 3.05) is 19.8 Å². The third-order valence-electron chi connectivity index (χ3n) is 2.71. The molecule has 0 heterocycles. The van der Waals surface area contributed by atoms with Crippen molar-refractivity contribution in [1.29, 1.82) is 0 Å². The fourth-order valence-corrected chi connectivity index (χ4v) is 1.98. The minimum Gasteiger partial charge on any atom is -0.380 e. The fourth-order valence-electron chi connectivity index (χ4n) is 1.56. The fraction of sp³-hybridized carbons (Fsp3) is 0.500. The van der Waals surface area contributed by atoms with Crippen molar-refractivity contribution >= 4 is 21.8 Å². The van der Waals surface area contributed by atoms with E-state index in [1.54, 1.807) is 0 Å². The van der Waals surface area contributed by atoms with E-state index in [2.05, 4.69) is 21.2 Å². The average Bonchev–Trinajstić information content (AvgIpc) is 2.41. The molecule has 1 aromatic rings. The van der Waals surface area contributed by atoms with Crippen LogP contribution in [0, 0.1) is 0 Å². The van der Waals surface area contributed by atoms with E-state index in [1.807, 2.05) is 6.92 Å². The lowest BCUT2D eigenvalue weighted by molar-refractivity contribution is -0.137. The van der Waals surface area contributed by atoms with Gasteiger partial charge in [-0.2, -0.15) is 13.2 Å². The lowest BCUT2D eigenvalue weighted by Crippen LogP contribution is -2.28. The molecule has 0 bridgehead atoms. The van der Waals surface area contributed by atoms with Gasteiger partial charge in [0.05, 0.1) is 17.7 Å². The maximum atomic E-state index is 12.6. The molecule has 0 aliphatic heterocycles. The van der Waals surface area contributed by atoms with Gasteiger partial charge in [0.15, 0.2) is 0 Å². The lowest BCUT2D eigenvalue weighted by Gasteiger charge is -2.11. The summed E-state index contributed by atoms with van der Waals surface area (Å²) >= 11 is 3.08. The van der Waals surface area contributed by atoms with E-state index in [0.717, 1.165) is 25.0 Å². The number of halogens is 4. The highest BCUT2D eigenvalue weighted by Gasteiger charge is 2.31. The van der Waals surface area contributed by atoms with Gasteiger partial charge >= 0.3 is 6.18 Å². The smallest absolute Gasteiger partial charge is 0.380 e. The van der Waals surface area contributed by atoms with E-state index in [4.69, 9.17) is 4.74 Å². The van der Waals surface area contributed by atoms with Crippen molar-refractivity contribution in [2.24, 2.45) is 0 Å². The van der Waals surface area contributed by atoms with Crippen molar-refractivity contribution in [3.8, 4) is 0 Å². The van der Waals surface area contributed by atoms with Gasteiger partial charge in [0.2, 0.25) is 0 Å². The number of benzene rings is 1. The van der Waals surface area contributed by atoms with Crippen LogP contribution >= 0.6 is 15.9 Å². The molecular formula is C14H17BrF3NO2. The Labute approximate surface area is 130 Å². The van der Waals surface area contributed by atoms with Crippen molar-refractivity contribution < 1.29 is 22.7 Å². The summed E-state index contributed by atoms with van der Waals surface area (Å²) in [6.07, 6.45) is -2.52. The quantitative estimate of drug-likeness (QED) is 0.739. The molecule has 0 unspecified atom stereocenters. The van der Waals surface area contributed by atoms with Crippen LogP contribution in [0.4, 0.5) is 13.2 Å². The number of carbonyl (C=O) groups is 1. The predicted molar refractivity (Wildman–Crippen MR) is 77.2 cm³/mol. The van der Waals surface area contributed by atoms with Gasteiger partial charge < -0.3 is 10.1 Å². The molecule has 0 atom stereocenters. The molecule has 0 aliphatic rings. The van der Waals surface area contributed by atoms with E-state index in [1.165, 1.54) is 6.07 Å². The van der Waals surface area contributed by atoms with Crippen LogP contribution in [0.3, 0.4) is 0 Å². The van der Waals surface area contributed by atoms with Gasteiger partial charge in [0.25, 0.3) is 5.91 Å². The number of hydrogen-bond acceptors (Lipinski definition) is 2. The highest BCUT2D eigenvalue weighted by atomic mass is 79.9. The summed E-state index contributed by atoms with van der Waals surface area (Å²) < 4.78 is 43.4. The van der Waals surface area contributed by atoms with Gasteiger partial charge in [-0.3, -0.25) is 4.79 Å². The standard InChI is InChI=1S/C14H17BrF3NO2/c1-2-3-7-21-8-6-19-13(20)11-9-10(14(16,17)18)4-5-12(11)15/h4-5,9H,2-3,6-8H2,1H3,(H,19,20). The first kappa shape index (κ1) is 18.0. The molecule has 0 saturated carbocycles. The Balaban J connectivity index is 2.57. The summed E-state index contributed by atoms with van der Waals surface area (Å²) in [6, 6.07) is 2.97. The van der Waals surface area contributed by atoms with Crippen LogP contribution in [0.15, 0.2) is 22.7 Å². The number of amides is 1. The number of hydrogen-bond donors (Lipinski definition) is 1. The molecule has 1 aromatic carbocycles. The summed E-state index contributed by atoms with van der Waals surface area (Å²) in [5, 5.41) is 2.53. The molecule has 21 heavy (non-hydrogen) atoms. The van der Waals surface area contributed by atoms with Crippen LogP contribution in [-0.4, -0.2) is 25.7 Å². The molecule has 118 valence electrons. The summed E-state index contributed by atoms with van der Waals surface area (Å²) in [7, 11) is 0. The van der Waals surface area contributed by atoms with Gasteiger partial charge in [-0.05, 0) is 40.5 Å². The minimum absolute atomic E-state index is 0.0432. The number of ether oxygens (including phenoxy) is 1. The third kappa shape index (κ3) is 6.05. The molecule has 1 amide bonds. The number of carbonyl (C=O) groups excluding carboxylic acids is 1.